The van der Waals surface area contributed by atoms with Crippen LogP contribution >= 0.6 is 0 Å². The predicted molar refractivity (Wildman–Crippen MR) is 186 cm³/mol. The molecule has 4 aromatic heterocycles. The zero-order valence-corrected chi connectivity index (χ0v) is 28.4. The first-order valence-corrected chi connectivity index (χ1v) is 18.3. The van der Waals surface area contributed by atoms with Crippen LogP contribution in [-0.2, 0) is 27.1 Å². The molecular weight excluding hydrogens is 588 g/mol. The molecule has 2 saturated heterocycles. The minimum absolute atomic E-state index is 0.0841. The van der Waals surface area contributed by atoms with Crippen molar-refractivity contribution in [2.75, 3.05) is 55.9 Å². The first-order chi connectivity index (χ1) is 23.1. The molecule has 6 heterocycles. The Kier molecular flexibility index (Phi) is 10.1. The molecule has 4 aliphatic rings. The van der Waals surface area contributed by atoms with Crippen LogP contribution in [-0.4, -0.2) is 71.2 Å². The van der Waals surface area contributed by atoms with Crippen LogP contribution in [0.25, 0.3) is 11.0 Å². The topological polar surface area (TPSA) is 76.6 Å². The number of anilines is 2. The standard InChI is InChI=1S/C19H25N3O2.C19H27N3O/c1-2-16-18(17-5-3-4-10-22(17)20-16)21(13-14-6-7-14)19(23)15-8-11-24-12-9-15;1-2-17-19(18-5-3-4-10-22(18)20-17)21(13-15-6-7-15)14-16-8-11-23-12-9-16/h3-5,10,14-15H,2,6-9,11-13H2,1H3;3-5,10,15-16H,2,6-9,11-14H2,1H3. The molecule has 0 aromatic carbocycles. The van der Waals surface area contributed by atoms with Crippen LogP contribution < -0.4 is 9.80 Å². The van der Waals surface area contributed by atoms with Crippen molar-refractivity contribution in [2.24, 2.45) is 23.7 Å². The Labute approximate surface area is 279 Å². The smallest absolute Gasteiger partial charge is 0.230 e. The fourth-order valence-electron chi connectivity index (χ4n) is 7.31. The summed E-state index contributed by atoms with van der Waals surface area (Å²) in [4.78, 5) is 18.0. The van der Waals surface area contributed by atoms with E-state index in [2.05, 4.69) is 58.6 Å². The second kappa shape index (κ2) is 14.8. The Bertz CT molecular complexity index is 1630. The Hall–Kier alpha value is -3.43. The van der Waals surface area contributed by atoms with Gasteiger partial charge in [0.2, 0.25) is 5.91 Å². The highest BCUT2D eigenvalue weighted by Gasteiger charge is 2.35. The van der Waals surface area contributed by atoms with Gasteiger partial charge in [-0.3, -0.25) is 4.79 Å². The molecule has 252 valence electrons. The second-order valence-corrected chi connectivity index (χ2v) is 14.0. The van der Waals surface area contributed by atoms with E-state index in [-0.39, 0.29) is 11.8 Å². The molecule has 0 unspecified atom stereocenters. The summed E-state index contributed by atoms with van der Waals surface area (Å²) in [7, 11) is 0. The van der Waals surface area contributed by atoms with Gasteiger partial charge in [0.1, 0.15) is 0 Å². The third-order valence-electron chi connectivity index (χ3n) is 10.4. The van der Waals surface area contributed by atoms with E-state index in [4.69, 9.17) is 19.7 Å². The molecule has 0 bridgehead atoms. The molecular formula is C38H52N6O3. The van der Waals surface area contributed by atoms with E-state index < -0.39 is 0 Å². The molecule has 4 aromatic rings. The van der Waals surface area contributed by atoms with E-state index >= 15 is 0 Å². The molecule has 2 aliphatic carbocycles. The molecule has 47 heavy (non-hydrogen) atoms. The largest absolute Gasteiger partial charge is 0.381 e. The van der Waals surface area contributed by atoms with Gasteiger partial charge in [0, 0.05) is 64.4 Å². The number of amides is 1. The van der Waals surface area contributed by atoms with Crippen molar-refractivity contribution in [1.82, 2.24) is 19.2 Å². The van der Waals surface area contributed by atoms with Crippen molar-refractivity contribution in [1.29, 1.82) is 0 Å². The Morgan fingerprint density at radius 3 is 1.72 bits per heavy atom. The summed E-state index contributed by atoms with van der Waals surface area (Å²) in [6.07, 6.45) is 15.2. The van der Waals surface area contributed by atoms with Gasteiger partial charge in [-0.2, -0.15) is 10.2 Å². The molecule has 0 N–H and O–H groups in total. The van der Waals surface area contributed by atoms with Gasteiger partial charge in [-0.25, -0.2) is 9.03 Å². The number of ether oxygens (including phenoxy) is 2. The lowest BCUT2D eigenvalue weighted by atomic mass is 9.98. The van der Waals surface area contributed by atoms with Gasteiger partial charge < -0.3 is 19.3 Å². The van der Waals surface area contributed by atoms with Gasteiger partial charge in [-0.05, 0) is 106 Å². The van der Waals surface area contributed by atoms with Crippen LogP contribution in [0.2, 0.25) is 0 Å². The minimum atomic E-state index is 0.0841. The Balaban J connectivity index is 0.000000150. The Morgan fingerprint density at radius 1 is 0.681 bits per heavy atom. The van der Waals surface area contributed by atoms with Crippen LogP contribution in [0.4, 0.5) is 11.4 Å². The number of pyridine rings is 2. The summed E-state index contributed by atoms with van der Waals surface area (Å²) >= 11 is 0. The van der Waals surface area contributed by atoms with Crippen molar-refractivity contribution in [3.63, 3.8) is 0 Å². The van der Waals surface area contributed by atoms with Crippen molar-refractivity contribution >= 4 is 28.3 Å². The number of aromatic nitrogens is 4. The van der Waals surface area contributed by atoms with Gasteiger partial charge in [0.15, 0.2) is 0 Å². The Morgan fingerprint density at radius 2 is 1.17 bits per heavy atom. The highest BCUT2D eigenvalue weighted by Crippen LogP contribution is 2.37. The highest BCUT2D eigenvalue weighted by molar-refractivity contribution is 6.00. The number of carbonyl (C=O) groups excluding carboxylic acids is 1. The average molecular weight is 641 g/mol. The minimum Gasteiger partial charge on any atom is -0.381 e. The van der Waals surface area contributed by atoms with Crippen LogP contribution in [0, 0.1) is 23.7 Å². The first kappa shape index (κ1) is 32.1. The molecule has 8 rings (SSSR count). The van der Waals surface area contributed by atoms with Gasteiger partial charge in [0.25, 0.3) is 0 Å². The monoisotopic (exact) mass is 640 g/mol. The summed E-state index contributed by atoms with van der Waals surface area (Å²) in [6, 6.07) is 12.5. The maximum absolute atomic E-state index is 13.3. The molecule has 0 spiro atoms. The van der Waals surface area contributed by atoms with E-state index in [1.807, 2.05) is 22.8 Å². The fourth-order valence-corrected chi connectivity index (χ4v) is 7.31. The SMILES string of the molecule is CCc1nn2ccccc2c1N(CC1CC1)C(=O)C1CCOCC1.CCc1nn2ccccc2c1N(CC1CCOCC1)CC1CC1. The summed E-state index contributed by atoms with van der Waals surface area (Å²) in [5.74, 6) is 2.64. The highest BCUT2D eigenvalue weighted by atomic mass is 16.5. The second-order valence-electron chi connectivity index (χ2n) is 14.0. The number of rotatable bonds is 11. The van der Waals surface area contributed by atoms with Crippen LogP contribution in [0.3, 0.4) is 0 Å². The van der Waals surface area contributed by atoms with Crippen molar-refractivity contribution in [3.05, 3.63) is 60.2 Å². The predicted octanol–water partition coefficient (Wildman–Crippen LogP) is 6.61. The maximum Gasteiger partial charge on any atom is 0.230 e. The first-order valence-electron chi connectivity index (χ1n) is 18.3. The molecule has 9 nitrogen and oxygen atoms in total. The lowest BCUT2D eigenvalue weighted by molar-refractivity contribution is -0.125. The van der Waals surface area contributed by atoms with Crippen molar-refractivity contribution in [2.45, 2.75) is 78.1 Å². The molecule has 2 aliphatic heterocycles. The summed E-state index contributed by atoms with van der Waals surface area (Å²) in [5, 5.41) is 9.53. The van der Waals surface area contributed by atoms with Crippen LogP contribution in [0.5, 0.6) is 0 Å². The average Bonchev–Trinajstić information content (AvgIpc) is 4.05. The van der Waals surface area contributed by atoms with Gasteiger partial charge in [0.05, 0.1) is 33.8 Å². The quantitative estimate of drug-likeness (QED) is 0.184. The third kappa shape index (κ3) is 7.51. The molecule has 0 atom stereocenters. The summed E-state index contributed by atoms with van der Waals surface area (Å²) in [6.45, 7) is 10.8. The molecule has 4 fully saturated rings. The number of fused-ring (bicyclic) bond motifs is 2. The molecule has 9 heteroatoms. The summed E-state index contributed by atoms with van der Waals surface area (Å²) in [5.41, 5.74) is 6.96. The maximum atomic E-state index is 13.3. The van der Waals surface area contributed by atoms with E-state index in [1.165, 1.54) is 62.0 Å². The number of hydrogen-bond acceptors (Lipinski definition) is 6. The molecule has 1 amide bonds. The number of carbonyl (C=O) groups is 1. The van der Waals surface area contributed by atoms with Crippen LogP contribution in [0.1, 0.15) is 76.6 Å². The number of aryl methyl sites for hydroxylation is 2. The zero-order chi connectivity index (χ0) is 32.2. The lowest BCUT2D eigenvalue weighted by Gasteiger charge is -2.31. The van der Waals surface area contributed by atoms with Gasteiger partial charge >= 0.3 is 0 Å². The molecule has 2 saturated carbocycles. The van der Waals surface area contributed by atoms with Gasteiger partial charge in [-0.15, -0.1) is 0 Å². The van der Waals surface area contributed by atoms with Crippen molar-refractivity contribution in [3.8, 4) is 0 Å². The normalized spacial score (nSPS) is 19.1. The fraction of sp³-hybridized carbons (Fsp3) is 0.605. The lowest BCUT2D eigenvalue weighted by Crippen LogP contribution is -2.40. The molecule has 0 radical (unpaired) electrons. The summed E-state index contributed by atoms with van der Waals surface area (Å²) < 4.78 is 14.9. The number of nitrogens with zero attached hydrogens (tertiary/aromatic N) is 6. The van der Waals surface area contributed by atoms with Gasteiger partial charge in [-0.1, -0.05) is 26.0 Å². The van der Waals surface area contributed by atoms with E-state index in [0.29, 0.717) is 19.1 Å². The third-order valence-corrected chi connectivity index (χ3v) is 10.4. The number of hydrogen-bond donors (Lipinski definition) is 0. The van der Waals surface area contributed by atoms with E-state index in [0.717, 1.165) is 80.7 Å². The van der Waals surface area contributed by atoms with Crippen LogP contribution in [0.15, 0.2) is 48.8 Å². The zero-order valence-electron chi connectivity index (χ0n) is 28.4. The van der Waals surface area contributed by atoms with E-state index in [1.54, 1.807) is 0 Å². The van der Waals surface area contributed by atoms with Crippen molar-refractivity contribution < 1.29 is 14.3 Å². The van der Waals surface area contributed by atoms with E-state index in [9.17, 15) is 4.79 Å².